The molecule has 0 bridgehead atoms. The second-order valence-corrected chi connectivity index (χ2v) is 5.52. The molecule has 0 fully saturated rings. The topological polar surface area (TPSA) is 57.7 Å². The first kappa shape index (κ1) is 15.6. The van der Waals surface area contributed by atoms with Crippen molar-refractivity contribution in [2.45, 2.75) is 6.92 Å². The van der Waals surface area contributed by atoms with Crippen LogP contribution in [0, 0.1) is 6.92 Å². The number of nitrogens with zero attached hydrogens (tertiary/aromatic N) is 1. The van der Waals surface area contributed by atoms with Gasteiger partial charge in [0, 0.05) is 5.56 Å². The molecule has 0 atom stereocenters. The number of hydrogen-bond donors (Lipinski definition) is 0. The number of thiazole rings is 1. The Kier molecular flexibility index (Phi) is 4.69. The van der Waals surface area contributed by atoms with Gasteiger partial charge in [-0.1, -0.05) is 11.6 Å². The number of aromatic nitrogens is 1. The fraction of sp³-hybridized carbons (Fsp3) is 0.286. The van der Waals surface area contributed by atoms with Gasteiger partial charge in [-0.25, -0.2) is 9.78 Å². The third-order valence-electron chi connectivity index (χ3n) is 2.85. The highest BCUT2D eigenvalue weighted by atomic mass is 35.5. The lowest BCUT2D eigenvalue weighted by atomic mass is 10.2. The molecule has 5 nitrogen and oxygen atoms in total. The van der Waals surface area contributed by atoms with E-state index in [1.807, 2.05) is 0 Å². The first-order valence-corrected chi connectivity index (χ1v) is 7.18. The molecule has 7 heteroatoms. The largest absolute Gasteiger partial charge is 0.493 e. The van der Waals surface area contributed by atoms with Crippen LogP contribution < -0.4 is 9.47 Å². The summed E-state index contributed by atoms with van der Waals surface area (Å²) in [7, 11) is 4.39. The smallest absolute Gasteiger partial charge is 0.349 e. The van der Waals surface area contributed by atoms with E-state index in [0.717, 1.165) is 5.56 Å². The molecule has 0 N–H and O–H groups in total. The van der Waals surface area contributed by atoms with Gasteiger partial charge in [0.25, 0.3) is 0 Å². The van der Waals surface area contributed by atoms with E-state index in [1.54, 1.807) is 19.1 Å². The van der Waals surface area contributed by atoms with Crippen LogP contribution in [0.4, 0.5) is 0 Å². The SMILES string of the molecule is COC(=O)c1sc(-c2cc(Cl)c(OC)c(OC)c2)nc1C. The predicted octanol–water partition coefficient (Wildman–Crippen LogP) is 3.58. The number of benzene rings is 1. The summed E-state index contributed by atoms with van der Waals surface area (Å²) in [6.45, 7) is 1.76. The van der Waals surface area contributed by atoms with Crippen LogP contribution in [0.1, 0.15) is 15.4 Å². The van der Waals surface area contributed by atoms with Crippen molar-refractivity contribution in [3.05, 3.63) is 27.7 Å². The van der Waals surface area contributed by atoms with Gasteiger partial charge in [-0.3, -0.25) is 0 Å². The third-order valence-corrected chi connectivity index (χ3v) is 4.32. The van der Waals surface area contributed by atoms with Crippen LogP contribution >= 0.6 is 22.9 Å². The van der Waals surface area contributed by atoms with Crippen LogP contribution in [0.15, 0.2) is 12.1 Å². The Bertz CT molecular complexity index is 684. The van der Waals surface area contributed by atoms with Crippen LogP contribution in [-0.2, 0) is 4.74 Å². The van der Waals surface area contributed by atoms with E-state index in [1.165, 1.54) is 32.7 Å². The van der Waals surface area contributed by atoms with E-state index in [9.17, 15) is 4.79 Å². The van der Waals surface area contributed by atoms with E-state index in [-0.39, 0.29) is 0 Å². The maximum atomic E-state index is 11.6. The van der Waals surface area contributed by atoms with Crippen molar-refractivity contribution in [2.24, 2.45) is 0 Å². The van der Waals surface area contributed by atoms with Crippen molar-refractivity contribution in [3.8, 4) is 22.1 Å². The molecule has 0 saturated heterocycles. The molecule has 0 aliphatic rings. The molecule has 0 spiro atoms. The summed E-state index contributed by atoms with van der Waals surface area (Å²) in [6.07, 6.45) is 0. The zero-order valence-electron chi connectivity index (χ0n) is 12.0. The number of aryl methyl sites for hydroxylation is 1. The first-order valence-electron chi connectivity index (χ1n) is 5.99. The molecule has 1 heterocycles. The quantitative estimate of drug-likeness (QED) is 0.803. The van der Waals surface area contributed by atoms with Gasteiger partial charge in [0.1, 0.15) is 9.88 Å². The fourth-order valence-electron chi connectivity index (χ4n) is 1.84. The minimum absolute atomic E-state index is 0.400. The number of hydrogen-bond acceptors (Lipinski definition) is 6. The van der Waals surface area contributed by atoms with Crippen molar-refractivity contribution < 1.29 is 19.0 Å². The van der Waals surface area contributed by atoms with Gasteiger partial charge in [-0.15, -0.1) is 11.3 Å². The summed E-state index contributed by atoms with van der Waals surface area (Å²) in [4.78, 5) is 16.5. The molecule has 0 amide bonds. The van der Waals surface area contributed by atoms with Crippen molar-refractivity contribution >= 4 is 28.9 Å². The van der Waals surface area contributed by atoms with Crippen molar-refractivity contribution in [1.29, 1.82) is 0 Å². The van der Waals surface area contributed by atoms with Crippen LogP contribution in [-0.4, -0.2) is 32.3 Å². The summed E-state index contributed by atoms with van der Waals surface area (Å²) in [5, 5.41) is 1.08. The first-order chi connectivity index (χ1) is 10.0. The summed E-state index contributed by atoms with van der Waals surface area (Å²) in [5.41, 5.74) is 1.37. The second-order valence-electron chi connectivity index (χ2n) is 4.12. The fourth-order valence-corrected chi connectivity index (χ4v) is 3.10. The van der Waals surface area contributed by atoms with Crippen LogP contribution in [0.2, 0.25) is 5.02 Å². The number of ether oxygens (including phenoxy) is 3. The maximum absolute atomic E-state index is 11.6. The molecule has 0 saturated carbocycles. The Morgan fingerprint density at radius 1 is 1.24 bits per heavy atom. The molecule has 0 aliphatic carbocycles. The van der Waals surface area contributed by atoms with Gasteiger partial charge in [-0.05, 0) is 19.1 Å². The molecular weight excluding hydrogens is 314 g/mol. The Balaban J connectivity index is 2.52. The molecule has 1 aromatic heterocycles. The lowest BCUT2D eigenvalue weighted by molar-refractivity contribution is 0.0605. The molecule has 0 radical (unpaired) electrons. The minimum Gasteiger partial charge on any atom is -0.493 e. The predicted molar refractivity (Wildman–Crippen MR) is 81.7 cm³/mol. The van der Waals surface area contributed by atoms with Gasteiger partial charge in [0.05, 0.1) is 32.0 Å². The number of methoxy groups -OCH3 is 3. The summed E-state index contributed by atoms with van der Waals surface area (Å²) in [6, 6.07) is 3.49. The van der Waals surface area contributed by atoms with E-state index in [2.05, 4.69) is 4.98 Å². The highest BCUT2D eigenvalue weighted by Crippen LogP contribution is 2.40. The number of halogens is 1. The van der Waals surface area contributed by atoms with Gasteiger partial charge < -0.3 is 14.2 Å². The Morgan fingerprint density at radius 3 is 2.52 bits per heavy atom. The van der Waals surface area contributed by atoms with Crippen molar-refractivity contribution in [3.63, 3.8) is 0 Å². The van der Waals surface area contributed by atoms with Crippen LogP contribution in [0.5, 0.6) is 11.5 Å². The highest BCUT2D eigenvalue weighted by molar-refractivity contribution is 7.17. The molecule has 21 heavy (non-hydrogen) atoms. The van der Waals surface area contributed by atoms with Crippen LogP contribution in [0.25, 0.3) is 10.6 Å². The van der Waals surface area contributed by atoms with E-state index in [0.29, 0.717) is 32.1 Å². The molecule has 0 aliphatic heterocycles. The zero-order chi connectivity index (χ0) is 15.6. The standard InChI is InChI=1S/C14H14ClNO4S/c1-7-12(14(17)20-4)21-13(16-7)8-5-9(15)11(19-3)10(6-8)18-2/h5-6H,1-4H3. The average Bonchev–Trinajstić information content (AvgIpc) is 2.87. The highest BCUT2D eigenvalue weighted by Gasteiger charge is 2.19. The Hall–Kier alpha value is -1.79. The molecule has 2 aromatic rings. The second kappa shape index (κ2) is 6.32. The summed E-state index contributed by atoms with van der Waals surface area (Å²) >= 11 is 7.43. The van der Waals surface area contributed by atoms with Crippen LogP contribution in [0.3, 0.4) is 0 Å². The lowest BCUT2D eigenvalue weighted by Gasteiger charge is -2.10. The summed E-state index contributed by atoms with van der Waals surface area (Å²) in [5.74, 6) is 0.569. The molecule has 112 valence electrons. The number of carbonyl (C=O) groups is 1. The normalized spacial score (nSPS) is 10.3. The van der Waals surface area contributed by atoms with Gasteiger partial charge in [0.15, 0.2) is 11.5 Å². The number of esters is 1. The molecule has 2 rings (SSSR count). The Labute approximate surface area is 131 Å². The number of carbonyl (C=O) groups excluding carboxylic acids is 1. The Morgan fingerprint density at radius 2 is 1.95 bits per heavy atom. The average molecular weight is 328 g/mol. The van der Waals surface area contributed by atoms with E-state index in [4.69, 9.17) is 25.8 Å². The van der Waals surface area contributed by atoms with E-state index >= 15 is 0 Å². The molecular formula is C14H14ClNO4S. The monoisotopic (exact) mass is 327 g/mol. The van der Waals surface area contributed by atoms with Crippen molar-refractivity contribution in [2.75, 3.05) is 21.3 Å². The van der Waals surface area contributed by atoms with E-state index < -0.39 is 5.97 Å². The summed E-state index contributed by atoms with van der Waals surface area (Å²) < 4.78 is 15.2. The van der Waals surface area contributed by atoms with Gasteiger partial charge >= 0.3 is 5.97 Å². The van der Waals surface area contributed by atoms with Gasteiger partial charge in [-0.2, -0.15) is 0 Å². The molecule has 1 aromatic carbocycles. The van der Waals surface area contributed by atoms with Crippen molar-refractivity contribution in [1.82, 2.24) is 4.98 Å². The maximum Gasteiger partial charge on any atom is 0.349 e. The zero-order valence-corrected chi connectivity index (χ0v) is 13.6. The minimum atomic E-state index is -0.400. The molecule has 0 unspecified atom stereocenters. The lowest BCUT2D eigenvalue weighted by Crippen LogP contribution is -1.99. The number of rotatable bonds is 4. The third kappa shape index (κ3) is 2.96. The van der Waals surface area contributed by atoms with Gasteiger partial charge in [0.2, 0.25) is 0 Å².